The number of likely N-dealkylation sites (tertiary alicyclic amines) is 1. The molecule has 1 aromatic heterocycles. The summed E-state index contributed by atoms with van der Waals surface area (Å²) >= 11 is 0. The SMILES string of the molecule is CC1CCCN(C(=O)/C=C/c2cccnc2)C1C(=O)O. The number of aromatic nitrogens is 1. The molecule has 1 aliphatic rings. The summed E-state index contributed by atoms with van der Waals surface area (Å²) in [5.74, 6) is -1.20. The summed E-state index contributed by atoms with van der Waals surface area (Å²) in [6.07, 6.45) is 8.08. The maximum absolute atomic E-state index is 12.2. The second kappa shape index (κ2) is 6.32. The first kappa shape index (κ1) is 14.2. The van der Waals surface area contributed by atoms with Gasteiger partial charge < -0.3 is 10.0 Å². The molecule has 2 unspecified atom stereocenters. The van der Waals surface area contributed by atoms with Crippen LogP contribution in [0.5, 0.6) is 0 Å². The number of amides is 1. The van der Waals surface area contributed by atoms with Gasteiger partial charge in [0, 0.05) is 25.0 Å². The Labute approximate surface area is 117 Å². The number of aliphatic carboxylic acids is 1. The smallest absolute Gasteiger partial charge is 0.326 e. The number of hydrogen-bond donors (Lipinski definition) is 1. The van der Waals surface area contributed by atoms with E-state index in [4.69, 9.17) is 0 Å². The first-order valence-corrected chi connectivity index (χ1v) is 6.71. The van der Waals surface area contributed by atoms with Crippen LogP contribution in [0.2, 0.25) is 0 Å². The van der Waals surface area contributed by atoms with Crippen molar-refractivity contribution in [2.45, 2.75) is 25.8 Å². The monoisotopic (exact) mass is 274 g/mol. The molecule has 0 radical (unpaired) electrons. The van der Waals surface area contributed by atoms with Crippen LogP contribution in [0.4, 0.5) is 0 Å². The van der Waals surface area contributed by atoms with Crippen molar-refractivity contribution in [3.63, 3.8) is 0 Å². The molecule has 5 heteroatoms. The number of carboxylic acid groups (broad SMARTS) is 1. The highest BCUT2D eigenvalue weighted by Crippen LogP contribution is 2.23. The van der Waals surface area contributed by atoms with Gasteiger partial charge in [-0.15, -0.1) is 0 Å². The molecule has 0 aromatic carbocycles. The first-order valence-electron chi connectivity index (χ1n) is 6.71. The zero-order valence-electron chi connectivity index (χ0n) is 11.4. The van der Waals surface area contributed by atoms with Gasteiger partial charge in [-0.05, 0) is 36.5 Å². The quantitative estimate of drug-likeness (QED) is 0.853. The third-order valence-corrected chi connectivity index (χ3v) is 3.57. The normalized spacial score (nSPS) is 22.9. The molecule has 20 heavy (non-hydrogen) atoms. The maximum Gasteiger partial charge on any atom is 0.326 e. The summed E-state index contributed by atoms with van der Waals surface area (Å²) in [4.78, 5) is 28.9. The van der Waals surface area contributed by atoms with E-state index in [-0.39, 0.29) is 11.8 Å². The van der Waals surface area contributed by atoms with E-state index in [1.165, 1.54) is 11.0 Å². The molecular formula is C15H18N2O3. The van der Waals surface area contributed by atoms with Crippen LogP contribution in [-0.2, 0) is 9.59 Å². The van der Waals surface area contributed by atoms with Crippen LogP contribution in [0.15, 0.2) is 30.6 Å². The Bertz CT molecular complexity index is 513. The average Bonchev–Trinajstić information content (AvgIpc) is 2.45. The van der Waals surface area contributed by atoms with E-state index in [9.17, 15) is 14.7 Å². The Hall–Kier alpha value is -2.17. The minimum absolute atomic E-state index is 0.0167. The van der Waals surface area contributed by atoms with Crippen molar-refractivity contribution < 1.29 is 14.7 Å². The Morgan fingerprint density at radius 1 is 1.50 bits per heavy atom. The number of piperidine rings is 1. The van der Waals surface area contributed by atoms with Crippen LogP contribution in [0.1, 0.15) is 25.3 Å². The molecular weight excluding hydrogens is 256 g/mol. The molecule has 2 atom stereocenters. The summed E-state index contributed by atoms with van der Waals surface area (Å²) in [6.45, 7) is 2.38. The average molecular weight is 274 g/mol. The highest BCUT2D eigenvalue weighted by atomic mass is 16.4. The van der Waals surface area contributed by atoms with Crippen LogP contribution in [0.25, 0.3) is 6.08 Å². The summed E-state index contributed by atoms with van der Waals surface area (Å²) in [7, 11) is 0. The van der Waals surface area contributed by atoms with Gasteiger partial charge in [0.25, 0.3) is 0 Å². The van der Waals surface area contributed by atoms with Gasteiger partial charge >= 0.3 is 5.97 Å². The van der Waals surface area contributed by atoms with E-state index in [0.29, 0.717) is 6.54 Å². The van der Waals surface area contributed by atoms with Gasteiger partial charge in [-0.2, -0.15) is 0 Å². The lowest BCUT2D eigenvalue weighted by Gasteiger charge is -2.36. The molecule has 0 spiro atoms. The topological polar surface area (TPSA) is 70.5 Å². The van der Waals surface area contributed by atoms with Gasteiger partial charge in [-0.1, -0.05) is 13.0 Å². The van der Waals surface area contributed by atoms with Crippen LogP contribution < -0.4 is 0 Å². The maximum atomic E-state index is 12.2. The fourth-order valence-electron chi connectivity index (χ4n) is 2.55. The van der Waals surface area contributed by atoms with E-state index < -0.39 is 12.0 Å². The van der Waals surface area contributed by atoms with Gasteiger partial charge in [0.1, 0.15) is 6.04 Å². The van der Waals surface area contributed by atoms with Crippen molar-refractivity contribution >= 4 is 18.0 Å². The molecule has 1 aromatic rings. The van der Waals surface area contributed by atoms with Crippen LogP contribution in [-0.4, -0.2) is 39.5 Å². The molecule has 1 saturated heterocycles. The van der Waals surface area contributed by atoms with Crippen LogP contribution in [0.3, 0.4) is 0 Å². The van der Waals surface area contributed by atoms with Gasteiger partial charge in [-0.25, -0.2) is 4.79 Å². The number of carboxylic acids is 1. The van der Waals surface area contributed by atoms with Gasteiger partial charge in [0.05, 0.1) is 0 Å². The third-order valence-electron chi connectivity index (χ3n) is 3.57. The summed E-state index contributed by atoms with van der Waals surface area (Å²) in [6, 6.07) is 2.90. The number of rotatable bonds is 3. The van der Waals surface area contributed by atoms with Gasteiger partial charge in [0.2, 0.25) is 5.91 Å². The minimum atomic E-state index is -0.930. The highest BCUT2D eigenvalue weighted by molar-refractivity contribution is 5.94. The zero-order valence-corrected chi connectivity index (χ0v) is 11.4. The molecule has 2 rings (SSSR count). The Morgan fingerprint density at radius 3 is 2.95 bits per heavy atom. The predicted molar refractivity (Wildman–Crippen MR) is 74.8 cm³/mol. The lowest BCUT2D eigenvalue weighted by atomic mass is 9.90. The molecule has 2 heterocycles. The number of nitrogens with zero attached hydrogens (tertiary/aromatic N) is 2. The molecule has 1 aliphatic heterocycles. The highest BCUT2D eigenvalue weighted by Gasteiger charge is 2.36. The van der Waals surface area contributed by atoms with Gasteiger partial charge in [-0.3, -0.25) is 9.78 Å². The van der Waals surface area contributed by atoms with Crippen molar-refractivity contribution in [3.05, 3.63) is 36.2 Å². The molecule has 0 bridgehead atoms. The van der Waals surface area contributed by atoms with E-state index in [2.05, 4.69) is 4.98 Å². The van der Waals surface area contributed by atoms with Crippen molar-refractivity contribution in [3.8, 4) is 0 Å². The van der Waals surface area contributed by atoms with Gasteiger partial charge in [0.15, 0.2) is 0 Å². The zero-order chi connectivity index (χ0) is 14.5. The largest absolute Gasteiger partial charge is 0.480 e. The minimum Gasteiger partial charge on any atom is -0.480 e. The fraction of sp³-hybridized carbons (Fsp3) is 0.400. The number of hydrogen-bond acceptors (Lipinski definition) is 3. The lowest BCUT2D eigenvalue weighted by Crippen LogP contribution is -2.51. The summed E-state index contributed by atoms with van der Waals surface area (Å²) in [5.41, 5.74) is 0.817. The molecule has 1 N–H and O–H groups in total. The standard InChI is InChI=1S/C15H18N2O3/c1-11-4-3-9-17(14(11)15(19)20)13(18)7-6-12-5-2-8-16-10-12/h2,5-8,10-11,14H,3-4,9H2,1H3,(H,19,20)/b7-6+. The Balaban J connectivity index is 2.11. The van der Waals surface area contributed by atoms with Crippen LogP contribution in [0, 0.1) is 5.92 Å². The predicted octanol–water partition coefficient (Wildman–Crippen LogP) is 1.81. The molecule has 1 fully saturated rings. The molecule has 5 nitrogen and oxygen atoms in total. The second-order valence-corrected chi connectivity index (χ2v) is 5.05. The summed E-state index contributed by atoms with van der Waals surface area (Å²) < 4.78 is 0. The van der Waals surface area contributed by atoms with E-state index in [1.54, 1.807) is 24.5 Å². The fourth-order valence-corrected chi connectivity index (χ4v) is 2.55. The third kappa shape index (κ3) is 3.23. The Kier molecular flexibility index (Phi) is 4.50. The molecule has 1 amide bonds. The molecule has 106 valence electrons. The summed E-state index contributed by atoms with van der Waals surface area (Å²) in [5, 5.41) is 9.29. The number of pyridine rings is 1. The molecule has 0 saturated carbocycles. The van der Waals surface area contributed by atoms with E-state index in [0.717, 1.165) is 18.4 Å². The second-order valence-electron chi connectivity index (χ2n) is 5.05. The van der Waals surface area contributed by atoms with Crippen molar-refractivity contribution in [1.29, 1.82) is 0 Å². The lowest BCUT2D eigenvalue weighted by molar-refractivity contribution is -0.152. The van der Waals surface area contributed by atoms with Crippen molar-refractivity contribution in [2.75, 3.05) is 6.54 Å². The molecule has 0 aliphatic carbocycles. The number of carbonyl (C=O) groups is 2. The van der Waals surface area contributed by atoms with Crippen molar-refractivity contribution in [1.82, 2.24) is 9.88 Å². The van der Waals surface area contributed by atoms with Crippen LogP contribution >= 0.6 is 0 Å². The Morgan fingerprint density at radius 2 is 2.30 bits per heavy atom. The van der Waals surface area contributed by atoms with Crippen molar-refractivity contribution in [2.24, 2.45) is 5.92 Å². The van der Waals surface area contributed by atoms with E-state index >= 15 is 0 Å². The number of carbonyl (C=O) groups excluding carboxylic acids is 1. The van der Waals surface area contributed by atoms with E-state index in [1.807, 2.05) is 13.0 Å². The first-order chi connectivity index (χ1) is 9.59.